The van der Waals surface area contributed by atoms with Gasteiger partial charge >= 0.3 is 0 Å². The number of nitrogens with two attached hydrogens (primary N) is 1. The van der Waals surface area contributed by atoms with Gasteiger partial charge in [0, 0.05) is 24.7 Å². The van der Waals surface area contributed by atoms with Crippen molar-refractivity contribution in [2.75, 3.05) is 24.5 Å². The molecule has 2 fully saturated rings. The van der Waals surface area contributed by atoms with E-state index in [0.717, 1.165) is 18.2 Å². The Morgan fingerprint density at radius 2 is 1.77 bits per heavy atom. The zero-order valence-corrected chi connectivity index (χ0v) is 15.6. The van der Waals surface area contributed by atoms with Crippen LogP contribution in [-0.4, -0.2) is 42.4 Å². The number of carbonyl (C=O) groups is 2. The maximum absolute atomic E-state index is 13.1. The Hall–Kier alpha value is -1.88. The summed E-state index contributed by atoms with van der Waals surface area (Å²) in [6, 6.07) is 10.2. The Morgan fingerprint density at radius 3 is 2.46 bits per heavy atom. The van der Waals surface area contributed by atoms with E-state index in [1.807, 2.05) is 30.3 Å². The molecule has 2 aliphatic rings. The second-order valence-corrected chi connectivity index (χ2v) is 7.68. The van der Waals surface area contributed by atoms with Crippen LogP contribution >= 0.6 is 0 Å². The van der Waals surface area contributed by atoms with Crippen molar-refractivity contribution in [1.29, 1.82) is 0 Å². The molecule has 2 N–H and O–H groups in total. The molecule has 26 heavy (non-hydrogen) atoms. The van der Waals surface area contributed by atoms with Crippen LogP contribution in [0.2, 0.25) is 0 Å². The van der Waals surface area contributed by atoms with Gasteiger partial charge in [-0.3, -0.25) is 14.5 Å². The molecule has 0 bridgehead atoms. The molecule has 1 aromatic carbocycles. The molecule has 0 unspecified atom stereocenters. The van der Waals surface area contributed by atoms with Gasteiger partial charge in [-0.05, 0) is 50.3 Å². The van der Waals surface area contributed by atoms with Crippen molar-refractivity contribution in [2.24, 2.45) is 11.7 Å². The molecule has 1 heterocycles. The number of anilines is 1. The van der Waals surface area contributed by atoms with E-state index in [-0.39, 0.29) is 18.2 Å². The van der Waals surface area contributed by atoms with Gasteiger partial charge in [0.1, 0.15) is 0 Å². The summed E-state index contributed by atoms with van der Waals surface area (Å²) in [4.78, 5) is 28.4. The van der Waals surface area contributed by atoms with Gasteiger partial charge in [0.05, 0.1) is 6.54 Å². The van der Waals surface area contributed by atoms with Crippen LogP contribution < -0.4 is 10.6 Å². The maximum Gasteiger partial charge on any atom is 0.241 e. The van der Waals surface area contributed by atoms with Gasteiger partial charge in [0.2, 0.25) is 11.8 Å². The minimum Gasteiger partial charge on any atom is -0.370 e. The van der Waals surface area contributed by atoms with Crippen LogP contribution in [0.3, 0.4) is 0 Å². The number of rotatable bonds is 7. The smallest absolute Gasteiger partial charge is 0.241 e. The molecule has 0 aromatic heterocycles. The van der Waals surface area contributed by atoms with Gasteiger partial charge in [0.15, 0.2) is 0 Å². The molecule has 0 spiro atoms. The molecule has 1 atom stereocenters. The maximum atomic E-state index is 13.1. The van der Waals surface area contributed by atoms with E-state index in [1.54, 1.807) is 4.90 Å². The fraction of sp³-hybridized carbons (Fsp3) is 0.619. The first-order chi connectivity index (χ1) is 12.6. The molecule has 142 valence electrons. The van der Waals surface area contributed by atoms with E-state index in [4.69, 9.17) is 5.73 Å². The Balaban J connectivity index is 1.67. The highest BCUT2D eigenvalue weighted by molar-refractivity contribution is 5.95. The normalized spacial score (nSPS) is 21.6. The monoisotopic (exact) mass is 357 g/mol. The molecule has 0 radical (unpaired) electrons. The van der Waals surface area contributed by atoms with Crippen LogP contribution in [0.1, 0.15) is 51.4 Å². The molecular weight excluding hydrogens is 326 g/mol. The Kier molecular flexibility index (Phi) is 6.67. The third-order valence-electron chi connectivity index (χ3n) is 5.90. The zero-order valence-electron chi connectivity index (χ0n) is 15.6. The summed E-state index contributed by atoms with van der Waals surface area (Å²) >= 11 is 0. The van der Waals surface area contributed by atoms with Crippen LogP contribution in [0.25, 0.3) is 0 Å². The van der Waals surface area contributed by atoms with Crippen LogP contribution in [0, 0.1) is 5.92 Å². The number of primary amides is 1. The summed E-state index contributed by atoms with van der Waals surface area (Å²) in [5, 5.41) is 0. The van der Waals surface area contributed by atoms with E-state index in [0.29, 0.717) is 19.1 Å². The number of carbonyl (C=O) groups excluding carboxylic acids is 2. The highest BCUT2D eigenvalue weighted by Crippen LogP contribution is 2.34. The summed E-state index contributed by atoms with van der Waals surface area (Å²) < 4.78 is 0. The van der Waals surface area contributed by atoms with Gasteiger partial charge in [-0.1, -0.05) is 37.5 Å². The SMILES string of the molecule is NC(=O)CCN(C(=O)CN1CCC[C@H]1C1CCCCC1)c1ccccc1. The van der Waals surface area contributed by atoms with Crippen LogP contribution in [0.15, 0.2) is 30.3 Å². The lowest BCUT2D eigenvalue weighted by atomic mass is 9.83. The average Bonchev–Trinajstić information content (AvgIpc) is 3.11. The van der Waals surface area contributed by atoms with Crippen molar-refractivity contribution in [1.82, 2.24) is 4.90 Å². The van der Waals surface area contributed by atoms with E-state index in [2.05, 4.69) is 4.90 Å². The largest absolute Gasteiger partial charge is 0.370 e. The predicted molar refractivity (Wildman–Crippen MR) is 104 cm³/mol. The number of hydrogen-bond acceptors (Lipinski definition) is 3. The summed E-state index contributed by atoms with van der Waals surface area (Å²) in [5.74, 6) is 0.440. The molecule has 1 saturated heterocycles. The second-order valence-electron chi connectivity index (χ2n) is 7.68. The highest BCUT2D eigenvalue weighted by Gasteiger charge is 2.34. The van der Waals surface area contributed by atoms with Crippen molar-refractivity contribution in [3.8, 4) is 0 Å². The van der Waals surface area contributed by atoms with Crippen LogP contribution in [0.5, 0.6) is 0 Å². The number of para-hydroxylation sites is 1. The van der Waals surface area contributed by atoms with Gasteiger partial charge in [-0.2, -0.15) is 0 Å². The molecular formula is C21H31N3O2. The first kappa shape index (κ1) is 18.9. The number of likely N-dealkylation sites (tertiary alicyclic amines) is 1. The molecule has 2 amide bonds. The average molecular weight is 357 g/mol. The summed E-state index contributed by atoms with van der Waals surface area (Å²) in [5.41, 5.74) is 6.15. The topological polar surface area (TPSA) is 66.6 Å². The standard InChI is InChI=1S/C21H31N3O2/c22-20(25)13-15-24(18-10-5-2-6-11-18)21(26)16-23-14-7-12-19(23)17-8-3-1-4-9-17/h2,5-6,10-11,17,19H,1,3-4,7-9,12-16H2,(H2,22,25)/t19-/m0/s1. The van der Waals surface area contributed by atoms with E-state index in [1.165, 1.54) is 44.9 Å². The van der Waals surface area contributed by atoms with Gasteiger partial charge in [-0.15, -0.1) is 0 Å². The molecule has 1 aromatic rings. The zero-order chi connectivity index (χ0) is 18.4. The second kappa shape index (κ2) is 9.17. The molecule has 1 aliphatic heterocycles. The highest BCUT2D eigenvalue weighted by atomic mass is 16.2. The van der Waals surface area contributed by atoms with Crippen molar-refractivity contribution in [3.05, 3.63) is 30.3 Å². The first-order valence-corrected chi connectivity index (χ1v) is 10.0. The molecule has 1 saturated carbocycles. The fourth-order valence-corrected chi connectivity index (χ4v) is 4.59. The Bertz CT molecular complexity index is 599. The summed E-state index contributed by atoms with van der Waals surface area (Å²) in [6.45, 7) is 1.79. The van der Waals surface area contributed by atoms with Gasteiger partial charge in [-0.25, -0.2) is 0 Å². The van der Waals surface area contributed by atoms with Crippen LogP contribution in [-0.2, 0) is 9.59 Å². The minimum atomic E-state index is -0.375. The van der Waals surface area contributed by atoms with Crippen molar-refractivity contribution in [3.63, 3.8) is 0 Å². The number of nitrogens with zero attached hydrogens (tertiary/aromatic N) is 2. The molecule has 5 nitrogen and oxygen atoms in total. The van der Waals surface area contributed by atoms with E-state index in [9.17, 15) is 9.59 Å². The van der Waals surface area contributed by atoms with E-state index >= 15 is 0 Å². The van der Waals surface area contributed by atoms with Gasteiger partial charge < -0.3 is 10.6 Å². The van der Waals surface area contributed by atoms with E-state index < -0.39 is 0 Å². The van der Waals surface area contributed by atoms with Gasteiger partial charge in [0.25, 0.3) is 0 Å². The molecule has 1 aliphatic carbocycles. The molecule has 5 heteroatoms. The lowest BCUT2D eigenvalue weighted by molar-refractivity contribution is -0.120. The first-order valence-electron chi connectivity index (χ1n) is 10.0. The van der Waals surface area contributed by atoms with Crippen molar-refractivity contribution < 1.29 is 9.59 Å². The lowest BCUT2D eigenvalue weighted by Gasteiger charge is -2.35. The summed E-state index contributed by atoms with van der Waals surface area (Å²) in [6.07, 6.45) is 9.21. The number of benzene rings is 1. The third-order valence-corrected chi connectivity index (χ3v) is 5.90. The van der Waals surface area contributed by atoms with Crippen LogP contribution in [0.4, 0.5) is 5.69 Å². The minimum absolute atomic E-state index is 0.0696. The number of amides is 2. The quantitative estimate of drug-likeness (QED) is 0.816. The Labute approximate surface area is 156 Å². The van der Waals surface area contributed by atoms with Crippen molar-refractivity contribution in [2.45, 2.75) is 57.4 Å². The number of hydrogen-bond donors (Lipinski definition) is 1. The van der Waals surface area contributed by atoms with Crippen molar-refractivity contribution >= 4 is 17.5 Å². The molecule has 3 rings (SSSR count). The summed E-state index contributed by atoms with van der Waals surface area (Å²) in [7, 11) is 0. The lowest BCUT2D eigenvalue weighted by Crippen LogP contribution is -2.45. The Morgan fingerprint density at radius 1 is 1.04 bits per heavy atom. The predicted octanol–water partition coefficient (Wildman–Crippen LogP) is 2.94. The fourth-order valence-electron chi connectivity index (χ4n) is 4.59. The third kappa shape index (κ3) is 4.85.